The van der Waals surface area contributed by atoms with Crippen LogP contribution in [0, 0.1) is 26.7 Å². The van der Waals surface area contributed by atoms with Gasteiger partial charge in [-0.25, -0.2) is 0 Å². The van der Waals surface area contributed by atoms with Gasteiger partial charge in [-0.1, -0.05) is 32.0 Å². The first-order valence-electron chi connectivity index (χ1n) is 12.2. The number of benzene rings is 1. The van der Waals surface area contributed by atoms with E-state index in [0.29, 0.717) is 12.5 Å². The van der Waals surface area contributed by atoms with E-state index in [1.54, 1.807) is 16.8 Å². The number of pyridine rings is 2. The van der Waals surface area contributed by atoms with E-state index in [1.165, 1.54) is 18.2 Å². The second-order valence-corrected chi connectivity index (χ2v) is 9.75. The van der Waals surface area contributed by atoms with Crippen LogP contribution < -0.4 is 10.9 Å². The van der Waals surface area contributed by atoms with Crippen LogP contribution >= 0.6 is 0 Å². The SMILES string of the molecule is COC(=O)CC(NCC(CC(C)C)n1ccc(C)cc1=O)c1cncc(-c2c(C)cccc2C)c1. The lowest BCUT2D eigenvalue weighted by Gasteiger charge is -2.26. The highest BCUT2D eigenvalue weighted by atomic mass is 16.5. The molecule has 6 nitrogen and oxygen atoms in total. The van der Waals surface area contributed by atoms with Gasteiger partial charge < -0.3 is 14.6 Å². The van der Waals surface area contributed by atoms with Crippen molar-refractivity contribution in [3.8, 4) is 11.1 Å². The third-order valence-corrected chi connectivity index (χ3v) is 6.37. The molecular weight excluding hydrogens is 438 g/mol. The molecule has 3 aromatic rings. The summed E-state index contributed by atoms with van der Waals surface area (Å²) in [6.07, 6.45) is 6.53. The van der Waals surface area contributed by atoms with E-state index in [2.05, 4.69) is 62.3 Å². The zero-order valence-electron chi connectivity index (χ0n) is 21.7. The number of methoxy groups -OCH3 is 1. The summed E-state index contributed by atoms with van der Waals surface area (Å²) in [4.78, 5) is 29.5. The number of carbonyl (C=O) groups is 1. The average Bonchev–Trinajstić information content (AvgIpc) is 2.80. The van der Waals surface area contributed by atoms with Gasteiger partial charge in [0.15, 0.2) is 0 Å². The van der Waals surface area contributed by atoms with Gasteiger partial charge in [0.05, 0.1) is 13.5 Å². The molecule has 0 fully saturated rings. The lowest BCUT2D eigenvalue weighted by molar-refractivity contribution is -0.141. The Balaban J connectivity index is 1.93. The van der Waals surface area contributed by atoms with E-state index in [0.717, 1.165) is 28.7 Å². The minimum Gasteiger partial charge on any atom is -0.469 e. The van der Waals surface area contributed by atoms with Gasteiger partial charge in [-0.15, -0.1) is 0 Å². The second kappa shape index (κ2) is 11.9. The first-order valence-corrected chi connectivity index (χ1v) is 12.2. The van der Waals surface area contributed by atoms with Crippen molar-refractivity contribution < 1.29 is 9.53 Å². The molecule has 0 bridgehead atoms. The number of ether oxygens (including phenoxy) is 1. The summed E-state index contributed by atoms with van der Waals surface area (Å²) < 4.78 is 6.78. The standard InChI is InChI=1S/C29H37N3O3/c1-19(2)12-25(32-11-10-20(3)13-27(32)33)18-31-26(15-28(34)35-6)23-14-24(17-30-16-23)29-21(4)8-7-9-22(29)5/h7-11,13-14,16-17,19,25-26,31H,12,15,18H2,1-6H3. The molecular formula is C29H37N3O3. The van der Waals surface area contributed by atoms with E-state index in [4.69, 9.17) is 4.74 Å². The molecule has 6 heteroatoms. The Bertz CT molecular complexity index is 1200. The zero-order chi connectivity index (χ0) is 25.5. The van der Waals surface area contributed by atoms with Crippen LogP contribution in [0.1, 0.15) is 61.0 Å². The summed E-state index contributed by atoms with van der Waals surface area (Å²) in [6, 6.07) is 11.6. The summed E-state index contributed by atoms with van der Waals surface area (Å²) in [7, 11) is 1.40. The van der Waals surface area contributed by atoms with Gasteiger partial charge in [0.25, 0.3) is 5.56 Å². The predicted octanol–water partition coefficient (Wildman–Crippen LogP) is 5.32. The molecule has 0 saturated heterocycles. The minimum absolute atomic E-state index is 0.0133. The fraction of sp³-hybridized carbons (Fsp3) is 0.414. The van der Waals surface area contributed by atoms with Crippen LogP contribution in [0.3, 0.4) is 0 Å². The summed E-state index contributed by atoms with van der Waals surface area (Å²) >= 11 is 0. The van der Waals surface area contributed by atoms with Gasteiger partial charge >= 0.3 is 5.97 Å². The number of carbonyl (C=O) groups excluding carboxylic acids is 1. The summed E-state index contributed by atoms with van der Waals surface area (Å²) in [6.45, 7) is 10.9. The number of hydrogen-bond acceptors (Lipinski definition) is 5. The molecule has 2 aromatic heterocycles. The average molecular weight is 476 g/mol. The Kier molecular flexibility index (Phi) is 8.99. The van der Waals surface area contributed by atoms with Crippen molar-refractivity contribution >= 4 is 5.97 Å². The van der Waals surface area contributed by atoms with E-state index in [9.17, 15) is 9.59 Å². The van der Waals surface area contributed by atoms with Crippen LogP contribution in [0.25, 0.3) is 11.1 Å². The number of aromatic nitrogens is 2. The Morgan fingerprint density at radius 3 is 2.43 bits per heavy atom. The van der Waals surface area contributed by atoms with Crippen LogP contribution in [-0.2, 0) is 9.53 Å². The van der Waals surface area contributed by atoms with Gasteiger partial charge in [0.2, 0.25) is 0 Å². The largest absolute Gasteiger partial charge is 0.469 e. The number of aryl methyl sites for hydroxylation is 3. The third kappa shape index (κ3) is 6.89. The van der Waals surface area contributed by atoms with Gasteiger partial charge in [-0.05, 0) is 73.1 Å². The highest BCUT2D eigenvalue weighted by molar-refractivity contribution is 5.72. The Hall–Kier alpha value is -3.25. The Morgan fingerprint density at radius 1 is 1.09 bits per heavy atom. The van der Waals surface area contributed by atoms with Crippen LogP contribution in [0.4, 0.5) is 0 Å². The topological polar surface area (TPSA) is 73.2 Å². The Morgan fingerprint density at radius 2 is 1.80 bits per heavy atom. The molecule has 0 saturated carbocycles. The molecule has 2 atom stereocenters. The van der Waals surface area contributed by atoms with Gasteiger partial charge in [-0.3, -0.25) is 14.6 Å². The van der Waals surface area contributed by atoms with Crippen molar-refractivity contribution in [2.24, 2.45) is 5.92 Å². The molecule has 0 amide bonds. The zero-order valence-corrected chi connectivity index (χ0v) is 21.7. The summed E-state index contributed by atoms with van der Waals surface area (Å²) in [5.74, 6) is 0.107. The van der Waals surface area contributed by atoms with Crippen LogP contribution in [0.15, 0.2) is 59.8 Å². The van der Waals surface area contributed by atoms with Crippen molar-refractivity contribution in [2.75, 3.05) is 13.7 Å². The molecule has 35 heavy (non-hydrogen) atoms. The fourth-order valence-corrected chi connectivity index (χ4v) is 4.62. The highest BCUT2D eigenvalue weighted by Crippen LogP contribution is 2.29. The first-order chi connectivity index (χ1) is 16.7. The lowest BCUT2D eigenvalue weighted by Crippen LogP contribution is -2.35. The molecule has 0 aliphatic carbocycles. The minimum atomic E-state index is -0.298. The van der Waals surface area contributed by atoms with E-state index in [1.807, 2.05) is 25.4 Å². The Labute approximate surface area is 208 Å². The van der Waals surface area contributed by atoms with E-state index in [-0.39, 0.29) is 30.0 Å². The second-order valence-electron chi connectivity index (χ2n) is 9.75. The van der Waals surface area contributed by atoms with Gasteiger partial charge in [0, 0.05) is 48.8 Å². The molecule has 2 unspecified atom stereocenters. The highest BCUT2D eigenvalue weighted by Gasteiger charge is 2.21. The summed E-state index contributed by atoms with van der Waals surface area (Å²) in [5, 5.41) is 3.55. The molecule has 1 aromatic carbocycles. The number of nitrogens with zero attached hydrogens (tertiary/aromatic N) is 2. The fourth-order valence-electron chi connectivity index (χ4n) is 4.62. The smallest absolute Gasteiger partial charge is 0.307 e. The predicted molar refractivity (Wildman–Crippen MR) is 140 cm³/mol. The number of rotatable bonds is 10. The normalized spacial score (nSPS) is 13.0. The molecule has 0 aliphatic rings. The molecule has 0 spiro atoms. The van der Waals surface area contributed by atoms with Crippen LogP contribution in [0.5, 0.6) is 0 Å². The molecule has 0 radical (unpaired) electrons. The van der Waals surface area contributed by atoms with Crippen molar-refractivity contribution in [1.29, 1.82) is 0 Å². The lowest BCUT2D eigenvalue weighted by atomic mass is 9.94. The van der Waals surface area contributed by atoms with Crippen molar-refractivity contribution in [3.63, 3.8) is 0 Å². The third-order valence-electron chi connectivity index (χ3n) is 6.37. The molecule has 0 aliphatic heterocycles. The quantitative estimate of drug-likeness (QED) is 0.402. The maximum absolute atomic E-state index is 12.7. The van der Waals surface area contributed by atoms with Crippen LogP contribution in [0.2, 0.25) is 0 Å². The maximum Gasteiger partial charge on any atom is 0.307 e. The number of esters is 1. The number of hydrogen-bond donors (Lipinski definition) is 1. The molecule has 1 N–H and O–H groups in total. The maximum atomic E-state index is 12.7. The summed E-state index contributed by atoms with van der Waals surface area (Å²) in [5.41, 5.74) is 6.37. The first kappa shape index (κ1) is 26.4. The number of nitrogens with one attached hydrogen (secondary N) is 1. The molecule has 2 heterocycles. The van der Waals surface area contributed by atoms with E-state index < -0.39 is 0 Å². The van der Waals surface area contributed by atoms with Gasteiger partial charge in [-0.2, -0.15) is 0 Å². The van der Waals surface area contributed by atoms with Crippen molar-refractivity contribution in [2.45, 2.75) is 59.5 Å². The van der Waals surface area contributed by atoms with Crippen molar-refractivity contribution in [3.05, 3.63) is 87.6 Å². The van der Waals surface area contributed by atoms with Crippen LogP contribution in [-0.4, -0.2) is 29.2 Å². The van der Waals surface area contributed by atoms with Crippen molar-refractivity contribution in [1.82, 2.24) is 14.9 Å². The van der Waals surface area contributed by atoms with E-state index >= 15 is 0 Å². The van der Waals surface area contributed by atoms with Gasteiger partial charge in [0.1, 0.15) is 0 Å². The molecule has 3 rings (SSSR count). The monoisotopic (exact) mass is 475 g/mol. The molecule has 186 valence electrons.